The molecule has 2 aromatic carbocycles. The van der Waals surface area contributed by atoms with Gasteiger partial charge in [-0.1, -0.05) is 159 Å². The molecular formula is C79H122N18O15. The summed E-state index contributed by atoms with van der Waals surface area (Å²) in [5.41, 5.74) is 19.7. The molecule has 2 aliphatic heterocycles. The summed E-state index contributed by atoms with van der Waals surface area (Å²) in [7, 11) is 0. The smallest absolute Gasteiger partial charge is 0.246 e. The highest BCUT2D eigenvalue weighted by Gasteiger charge is 2.44. The zero-order valence-electron chi connectivity index (χ0n) is 65.2. The van der Waals surface area contributed by atoms with Crippen molar-refractivity contribution in [3.05, 3.63) is 90.1 Å². The number of imidazole rings is 1. The Balaban J connectivity index is 1.06. The van der Waals surface area contributed by atoms with Gasteiger partial charge in [-0.3, -0.25) is 62.5 Å². The molecule has 2 aliphatic rings. The van der Waals surface area contributed by atoms with Crippen molar-refractivity contribution in [1.29, 1.82) is 0 Å². The van der Waals surface area contributed by atoms with Crippen LogP contribution in [0, 0.1) is 0 Å². The highest BCUT2D eigenvalue weighted by Crippen LogP contribution is 2.24. The number of aromatic nitrogens is 3. The van der Waals surface area contributed by atoms with Gasteiger partial charge in [-0.2, -0.15) is 0 Å². The van der Waals surface area contributed by atoms with Crippen molar-refractivity contribution < 1.29 is 72.1 Å². The number of amides is 12. The maximum Gasteiger partial charge on any atom is 0.246 e. The molecule has 2 aromatic heterocycles. The molecule has 33 nitrogen and oxygen atoms in total. The van der Waals surface area contributed by atoms with Crippen molar-refractivity contribution in [3.8, 4) is 0 Å². The van der Waals surface area contributed by atoms with E-state index in [1.165, 1.54) is 76.7 Å². The number of guanidine groups is 1. The lowest BCUT2D eigenvalue weighted by Gasteiger charge is -2.31. The van der Waals surface area contributed by atoms with Crippen LogP contribution < -0.4 is 70.4 Å². The van der Waals surface area contributed by atoms with Gasteiger partial charge in [0.25, 0.3) is 0 Å². The molecule has 2 fully saturated rings. The van der Waals surface area contributed by atoms with Crippen LogP contribution in [0.2, 0.25) is 0 Å². The van der Waals surface area contributed by atoms with Gasteiger partial charge in [0.2, 0.25) is 70.9 Å². The third-order valence-corrected chi connectivity index (χ3v) is 19.7. The first-order chi connectivity index (χ1) is 54.1. The van der Waals surface area contributed by atoms with E-state index < -0.39 is 133 Å². The fourth-order valence-electron chi connectivity index (χ4n) is 13.5. The van der Waals surface area contributed by atoms with Gasteiger partial charge in [-0.25, -0.2) is 4.98 Å². The zero-order valence-corrected chi connectivity index (χ0v) is 65.2. The molecule has 0 saturated carbocycles. The van der Waals surface area contributed by atoms with Crippen molar-refractivity contribution in [1.82, 2.24) is 73.0 Å². The van der Waals surface area contributed by atoms with Crippen molar-refractivity contribution in [2.45, 2.75) is 254 Å². The Morgan fingerprint density at radius 1 is 0.652 bits per heavy atom. The minimum atomic E-state index is -1.53. The highest BCUT2D eigenvalue weighted by atomic mass is 16.5. The molecule has 0 aliphatic carbocycles. The Morgan fingerprint density at radius 3 is 1.99 bits per heavy atom. The average molecular weight is 1560 g/mol. The lowest BCUT2D eigenvalue weighted by molar-refractivity contribution is -0.143. The van der Waals surface area contributed by atoms with Gasteiger partial charge in [0.05, 0.1) is 38.8 Å². The maximum atomic E-state index is 15.1. The Hall–Kier alpha value is -10.0. The van der Waals surface area contributed by atoms with Crippen molar-refractivity contribution in [3.63, 3.8) is 0 Å². The van der Waals surface area contributed by atoms with Gasteiger partial charge < -0.3 is 99.8 Å². The molecule has 12 amide bonds. The van der Waals surface area contributed by atoms with Gasteiger partial charge in [-0.05, 0) is 68.6 Å². The van der Waals surface area contributed by atoms with Crippen LogP contribution in [0.15, 0.2) is 78.3 Å². The second-order valence-corrected chi connectivity index (χ2v) is 28.9. The van der Waals surface area contributed by atoms with E-state index in [1.807, 2.05) is 31.2 Å². The third-order valence-electron chi connectivity index (χ3n) is 19.7. The van der Waals surface area contributed by atoms with E-state index in [1.54, 1.807) is 36.5 Å². The minimum Gasteiger partial charge on any atom is -0.391 e. The normalized spacial score (nSPS) is 19.6. The SMILES string of the molecule is CCCCCCCCCCCCCCCCC(=O)NCC(=O)N[C@@H](Cc1cnc[nH]1)C(=O)NCCOCCOCC(=O)N[C@@H](CCCC)C(=O)N[C@H]1CCC(=O)NCCCC[C@@H](C(N)=O)NC(=O)[C@H](Cc2c[nH]c3ccccc23)NC(=O)[C@H](CCCN=C(N)N)NC(=O)C(Cc2ccccc2)NC(=O)[C@@H]2C[C@@H](O)CN2C1=O. The molecule has 4 heterocycles. The van der Waals surface area contributed by atoms with Crippen LogP contribution in [0.25, 0.3) is 10.9 Å². The quantitative estimate of drug-likeness (QED) is 0.0171. The number of carbonyl (C=O) groups is 12. The fourth-order valence-corrected chi connectivity index (χ4v) is 13.5. The van der Waals surface area contributed by atoms with E-state index in [0.29, 0.717) is 36.1 Å². The molecule has 19 N–H and O–H groups in total. The highest BCUT2D eigenvalue weighted by molar-refractivity contribution is 5.99. The van der Waals surface area contributed by atoms with Gasteiger partial charge in [0.15, 0.2) is 5.96 Å². The first-order valence-electron chi connectivity index (χ1n) is 40.1. The van der Waals surface area contributed by atoms with Crippen LogP contribution in [0.4, 0.5) is 0 Å². The first-order valence-corrected chi connectivity index (χ1v) is 40.1. The largest absolute Gasteiger partial charge is 0.391 e. The number of carbonyl (C=O) groups excluding carboxylic acids is 12. The van der Waals surface area contributed by atoms with Crippen molar-refractivity contribution in [2.75, 3.05) is 59.2 Å². The predicted octanol–water partition coefficient (Wildman–Crippen LogP) is 2.22. The van der Waals surface area contributed by atoms with Crippen LogP contribution in [-0.2, 0) is 86.3 Å². The lowest BCUT2D eigenvalue weighted by Crippen LogP contribution is -2.60. The summed E-state index contributed by atoms with van der Waals surface area (Å²) in [5, 5.41) is 39.3. The third kappa shape index (κ3) is 34.3. The van der Waals surface area contributed by atoms with Crippen molar-refractivity contribution in [2.24, 2.45) is 22.2 Å². The molecule has 9 atom stereocenters. The number of aromatic amines is 2. The number of primary amides is 1. The minimum absolute atomic E-state index is 0.00935. The molecule has 6 rings (SSSR count). The molecule has 0 bridgehead atoms. The number of hydrogen-bond acceptors (Lipinski definition) is 17. The summed E-state index contributed by atoms with van der Waals surface area (Å²) >= 11 is 0. The number of aliphatic hydroxyl groups excluding tert-OH is 1. The molecule has 618 valence electrons. The van der Waals surface area contributed by atoms with Crippen LogP contribution >= 0.6 is 0 Å². The van der Waals surface area contributed by atoms with Crippen LogP contribution in [0.1, 0.15) is 198 Å². The molecule has 112 heavy (non-hydrogen) atoms. The molecule has 1 unspecified atom stereocenters. The molecule has 4 aromatic rings. The Bertz CT molecular complexity index is 3610. The number of aliphatic hydroxyl groups is 1. The van der Waals surface area contributed by atoms with E-state index in [9.17, 15) is 57.8 Å². The summed E-state index contributed by atoms with van der Waals surface area (Å²) in [6.07, 6.45) is 21.2. The molecule has 2 saturated heterocycles. The van der Waals surface area contributed by atoms with E-state index in [-0.39, 0.29) is 135 Å². The number of rotatable bonds is 44. The number of nitrogens with two attached hydrogens (primary N) is 3. The predicted molar refractivity (Wildman–Crippen MR) is 421 cm³/mol. The standard InChI is InChI=1S/C79H122N18O15/c1-3-5-7-8-9-10-11-12-13-14-15-16-17-21-34-67(99)88-49-69(101)91-65(45-55-48-83-52-89-55)72(104)85-39-40-111-41-42-112-51-70(102)90-60(30-6-4-2)73(105)94-62-35-36-68(100)84-37-25-24-32-59(71(80)103)92-76(108)64(44-54-47-87-58-31-23-22-29-57(54)58)95-74(106)61(33-26-38-86-79(81)82)93-75(107)63(43-53-27-19-18-20-28-53)96-77(109)66-46-56(98)50-97(66)78(62)110/h18-20,22-23,27-29,31,47-48,52,56,59-66,87,98H,3-17,21,24-26,30,32-46,49-51H2,1-2H3,(H2,80,103)(H,83,89)(H,84,100)(H,85,104)(H,88,99)(H,90,102)(H,91,101)(H,92,108)(H,93,107)(H,94,105)(H,95,106)(H,96,109)(H4,81,82,86)/t56-,59+,60+,61+,62+,63?,64+,65+,66+/m1/s1. The summed E-state index contributed by atoms with van der Waals surface area (Å²) in [6, 6.07) is 5.26. The number of unbranched alkanes of at least 4 members (excludes halogenated alkanes) is 14. The second kappa shape index (κ2) is 51.5. The van der Waals surface area contributed by atoms with Crippen LogP contribution in [0.5, 0.6) is 0 Å². The van der Waals surface area contributed by atoms with Gasteiger partial charge >= 0.3 is 0 Å². The Morgan fingerprint density at radius 2 is 1.29 bits per heavy atom. The molecule has 0 radical (unpaired) electrons. The zero-order chi connectivity index (χ0) is 80.8. The number of nitrogens with one attached hydrogen (secondary N) is 12. The summed E-state index contributed by atoms with van der Waals surface area (Å²) in [5.74, 6) is -8.60. The maximum absolute atomic E-state index is 15.1. The monoisotopic (exact) mass is 1560 g/mol. The number of fused-ring (bicyclic) bond motifs is 2. The number of para-hydroxylation sites is 1. The number of benzene rings is 2. The van der Waals surface area contributed by atoms with Gasteiger partial charge in [0, 0.05) is 93.7 Å². The van der Waals surface area contributed by atoms with Gasteiger partial charge in [-0.15, -0.1) is 0 Å². The molecule has 0 spiro atoms. The fraction of sp³-hybridized carbons (Fsp3) is 0.620. The van der Waals surface area contributed by atoms with Gasteiger partial charge in [0.1, 0.15) is 54.9 Å². The Kier molecular flexibility index (Phi) is 41.8. The molecule has 33 heteroatoms. The van der Waals surface area contributed by atoms with E-state index >= 15 is 4.79 Å². The van der Waals surface area contributed by atoms with E-state index in [4.69, 9.17) is 26.7 Å². The first kappa shape index (κ1) is 90.9. The summed E-state index contributed by atoms with van der Waals surface area (Å²) in [4.78, 5) is 183. The summed E-state index contributed by atoms with van der Waals surface area (Å²) in [6.45, 7) is 2.97. The Labute approximate surface area is 656 Å². The average Bonchev–Trinajstić information content (AvgIpc) is 1.64. The van der Waals surface area contributed by atoms with E-state index in [0.717, 1.165) is 41.5 Å². The topological polar surface area (TPSA) is 502 Å². The number of nitrogens with zero attached hydrogens (tertiary/aromatic N) is 3. The number of hydrogen-bond donors (Lipinski definition) is 16. The van der Waals surface area contributed by atoms with Crippen LogP contribution in [-0.4, -0.2) is 215 Å². The molecular weight excluding hydrogens is 1440 g/mol. The van der Waals surface area contributed by atoms with E-state index in [2.05, 4.69) is 80.0 Å². The number of aliphatic imine (C=N–C) groups is 1. The number of ether oxygens (including phenoxy) is 2. The van der Waals surface area contributed by atoms with Crippen molar-refractivity contribution >= 4 is 87.7 Å². The van der Waals surface area contributed by atoms with Crippen LogP contribution in [0.3, 0.4) is 0 Å². The summed E-state index contributed by atoms with van der Waals surface area (Å²) < 4.78 is 11.3. The second-order valence-electron chi connectivity index (χ2n) is 28.9. The lowest BCUT2D eigenvalue weighted by atomic mass is 10.0. The number of H-pyrrole nitrogens is 2.